The zero-order valence-corrected chi connectivity index (χ0v) is 14.7. The predicted molar refractivity (Wildman–Crippen MR) is 92.4 cm³/mol. The molecule has 132 valence electrons. The number of piperidine rings is 1. The van der Waals surface area contributed by atoms with Gasteiger partial charge in [-0.2, -0.15) is 0 Å². The lowest BCUT2D eigenvalue weighted by Crippen LogP contribution is -2.50. The normalized spacial score (nSPS) is 19.2. The second-order valence-corrected chi connectivity index (χ2v) is 6.47. The first-order chi connectivity index (χ1) is 11.4. The van der Waals surface area contributed by atoms with E-state index in [2.05, 4.69) is 0 Å². The summed E-state index contributed by atoms with van der Waals surface area (Å²) in [5.41, 5.74) is 6.48. The van der Waals surface area contributed by atoms with Gasteiger partial charge in [-0.05, 0) is 44.5 Å². The average molecular weight is 333 g/mol. The minimum atomic E-state index is -0.315. The summed E-state index contributed by atoms with van der Waals surface area (Å²) in [6, 6.07) is 7.56. The van der Waals surface area contributed by atoms with Crippen LogP contribution in [0.5, 0.6) is 5.75 Å². The van der Waals surface area contributed by atoms with Crippen LogP contribution in [0.15, 0.2) is 24.3 Å². The third-order valence-corrected chi connectivity index (χ3v) is 4.72. The van der Waals surface area contributed by atoms with Crippen LogP contribution in [0.25, 0.3) is 0 Å². The molecule has 1 aliphatic heterocycles. The van der Waals surface area contributed by atoms with Gasteiger partial charge in [0, 0.05) is 19.6 Å². The van der Waals surface area contributed by atoms with Crippen molar-refractivity contribution in [1.29, 1.82) is 0 Å². The summed E-state index contributed by atoms with van der Waals surface area (Å²) in [7, 11) is 3.57. The highest BCUT2D eigenvalue weighted by molar-refractivity contribution is 5.83. The van der Waals surface area contributed by atoms with E-state index in [-0.39, 0.29) is 23.8 Å². The molecular formula is C18H27N3O3. The number of likely N-dealkylation sites (tertiary alicyclic amines) is 1. The van der Waals surface area contributed by atoms with E-state index in [0.29, 0.717) is 19.6 Å². The Morgan fingerprint density at radius 2 is 2.21 bits per heavy atom. The molecule has 24 heavy (non-hydrogen) atoms. The van der Waals surface area contributed by atoms with Gasteiger partial charge in [-0.25, -0.2) is 0 Å². The van der Waals surface area contributed by atoms with Crippen molar-refractivity contribution < 1.29 is 14.3 Å². The molecule has 2 rings (SSSR count). The Bertz CT molecular complexity index is 591. The van der Waals surface area contributed by atoms with Gasteiger partial charge in [0.25, 0.3) is 0 Å². The maximum absolute atomic E-state index is 12.7. The topological polar surface area (TPSA) is 75.9 Å². The number of likely N-dealkylation sites (N-methyl/N-ethyl adjacent to an activating group) is 1. The van der Waals surface area contributed by atoms with Gasteiger partial charge in [-0.3, -0.25) is 14.5 Å². The van der Waals surface area contributed by atoms with Crippen molar-refractivity contribution in [1.82, 2.24) is 9.80 Å². The quantitative estimate of drug-likeness (QED) is 0.850. The smallest absolute Gasteiger partial charge is 0.239 e. The fraction of sp³-hybridized carbons (Fsp3) is 0.556. The highest BCUT2D eigenvalue weighted by Crippen LogP contribution is 2.19. The molecule has 0 spiro atoms. The van der Waals surface area contributed by atoms with E-state index in [1.165, 1.54) is 0 Å². The molecule has 2 amide bonds. The van der Waals surface area contributed by atoms with Gasteiger partial charge in [0.15, 0.2) is 0 Å². The molecule has 6 heteroatoms. The van der Waals surface area contributed by atoms with E-state index in [9.17, 15) is 9.59 Å². The van der Waals surface area contributed by atoms with E-state index >= 15 is 0 Å². The van der Waals surface area contributed by atoms with Gasteiger partial charge < -0.3 is 15.4 Å². The van der Waals surface area contributed by atoms with Crippen molar-refractivity contribution >= 4 is 11.8 Å². The van der Waals surface area contributed by atoms with Gasteiger partial charge in [0.05, 0.1) is 19.1 Å². The number of carbonyl (C=O) groups excluding carboxylic acids is 2. The van der Waals surface area contributed by atoms with Crippen LogP contribution < -0.4 is 10.5 Å². The Kier molecular flexibility index (Phi) is 6.20. The lowest BCUT2D eigenvalue weighted by atomic mass is 9.97. The number of nitrogens with two attached hydrogens (primary N) is 1. The Labute approximate surface area is 143 Å². The molecule has 1 aliphatic rings. The highest BCUT2D eigenvalue weighted by Gasteiger charge is 2.30. The predicted octanol–water partition coefficient (Wildman–Crippen LogP) is 1.24. The number of carbonyl (C=O) groups is 2. The van der Waals surface area contributed by atoms with E-state index < -0.39 is 0 Å². The van der Waals surface area contributed by atoms with Crippen LogP contribution in [0, 0.1) is 5.92 Å². The van der Waals surface area contributed by atoms with Crippen LogP contribution in [-0.2, 0) is 16.1 Å². The number of primary amides is 1. The average Bonchev–Trinajstić information content (AvgIpc) is 2.60. The van der Waals surface area contributed by atoms with Crippen LogP contribution in [0.3, 0.4) is 0 Å². The van der Waals surface area contributed by atoms with Crippen LogP contribution in [0.1, 0.15) is 25.3 Å². The van der Waals surface area contributed by atoms with E-state index in [1.54, 1.807) is 12.0 Å². The molecule has 1 heterocycles. The van der Waals surface area contributed by atoms with Crippen molar-refractivity contribution in [3.8, 4) is 5.75 Å². The Hall–Kier alpha value is -2.08. The molecule has 1 saturated heterocycles. The van der Waals surface area contributed by atoms with Crippen molar-refractivity contribution in [2.45, 2.75) is 32.4 Å². The maximum Gasteiger partial charge on any atom is 0.239 e. The molecule has 0 aliphatic carbocycles. The van der Waals surface area contributed by atoms with E-state index in [4.69, 9.17) is 10.5 Å². The number of ether oxygens (including phenoxy) is 1. The van der Waals surface area contributed by atoms with Gasteiger partial charge >= 0.3 is 0 Å². The summed E-state index contributed by atoms with van der Waals surface area (Å²) in [5, 5.41) is 0. The van der Waals surface area contributed by atoms with Crippen LogP contribution in [0.2, 0.25) is 0 Å². The van der Waals surface area contributed by atoms with Crippen molar-refractivity contribution in [2.24, 2.45) is 11.7 Å². The minimum Gasteiger partial charge on any atom is -0.497 e. The Balaban J connectivity index is 1.97. The van der Waals surface area contributed by atoms with Crippen LogP contribution >= 0.6 is 0 Å². The molecule has 1 aromatic rings. The summed E-state index contributed by atoms with van der Waals surface area (Å²) in [5.74, 6) is 0.315. The number of nitrogens with zero attached hydrogens (tertiary/aromatic N) is 2. The minimum absolute atomic E-state index is 0.0475. The molecule has 2 N–H and O–H groups in total. The van der Waals surface area contributed by atoms with Gasteiger partial charge in [-0.15, -0.1) is 0 Å². The summed E-state index contributed by atoms with van der Waals surface area (Å²) < 4.78 is 5.24. The summed E-state index contributed by atoms with van der Waals surface area (Å²) in [6.45, 7) is 3.68. The largest absolute Gasteiger partial charge is 0.497 e. The number of benzene rings is 1. The lowest BCUT2D eigenvalue weighted by Gasteiger charge is -2.35. The molecule has 1 fully saturated rings. The number of hydrogen-bond donors (Lipinski definition) is 1. The first-order valence-corrected chi connectivity index (χ1v) is 8.33. The van der Waals surface area contributed by atoms with Crippen LogP contribution in [-0.4, -0.2) is 54.9 Å². The number of hydrogen-bond acceptors (Lipinski definition) is 4. The van der Waals surface area contributed by atoms with E-state index in [1.807, 2.05) is 43.1 Å². The molecule has 0 radical (unpaired) electrons. The standard InChI is InChI=1S/C18H27N3O3/c1-13(18(23)21-9-5-7-15(12-21)17(19)22)20(2)11-14-6-4-8-16(10-14)24-3/h4,6,8,10,13,15H,5,7,9,11-12H2,1-3H3,(H2,19,22)/t13-,15-/m1/s1. The SMILES string of the molecule is COc1cccc(CN(C)[C@H](C)C(=O)N2CCC[C@@H](C(N)=O)C2)c1. The molecule has 2 atom stereocenters. The van der Waals surface area contributed by atoms with Gasteiger partial charge in [0.1, 0.15) is 5.75 Å². The highest BCUT2D eigenvalue weighted by atomic mass is 16.5. The maximum atomic E-state index is 12.7. The summed E-state index contributed by atoms with van der Waals surface area (Å²) in [4.78, 5) is 27.9. The monoisotopic (exact) mass is 333 g/mol. The van der Waals surface area contributed by atoms with E-state index in [0.717, 1.165) is 24.2 Å². The lowest BCUT2D eigenvalue weighted by molar-refractivity contribution is -0.139. The van der Waals surface area contributed by atoms with Crippen molar-refractivity contribution in [3.63, 3.8) is 0 Å². The molecule has 1 aromatic carbocycles. The van der Waals surface area contributed by atoms with Gasteiger partial charge in [0.2, 0.25) is 11.8 Å². The third-order valence-electron chi connectivity index (χ3n) is 4.72. The fourth-order valence-electron chi connectivity index (χ4n) is 3.06. The number of rotatable bonds is 6. The first kappa shape index (κ1) is 18.3. The Morgan fingerprint density at radius 1 is 1.46 bits per heavy atom. The van der Waals surface area contributed by atoms with Gasteiger partial charge in [-0.1, -0.05) is 12.1 Å². The molecule has 0 unspecified atom stereocenters. The summed E-state index contributed by atoms with van der Waals surface area (Å²) in [6.07, 6.45) is 1.60. The molecule has 0 aromatic heterocycles. The van der Waals surface area contributed by atoms with Crippen LogP contribution in [0.4, 0.5) is 0 Å². The molecular weight excluding hydrogens is 306 g/mol. The second kappa shape index (κ2) is 8.15. The number of methoxy groups -OCH3 is 1. The molecule has 0 saturated carbocycles. The summed E-state index contributed by atoms with van der Waals surface area (Å²) >= 11 is 0. The third kappa shape index (κ3) is 4.47. The zero-order chi connectivity index (χ0) is 17.7. The number of amides is 2. The van der Waals surface area contributed by atoms with Crippen molar-refractivity contribution in [3.05, 3.63) is 29.8 Å². The molecule has 0 bridgehead atoms. The van der Waals surface area contributed by atoms with Crippen molar-refractivity contribution in [2.75, 3.05) is 27.2 Å². The second-order valence-electron chi connectivity index (χ2n) is 6.47. The first-order valence-electron chi connectivity index (χ1n) is 8.33. The Morgan fingerprint density at radius 3 is 2.88 bits per heavy atom. The fourth-order valence-corrected chi connectivity index (χ4v) is 3.06. The zero-order valence-electron chi connectivity index (χ0n) is 14.7. The molecule has 6 nitrogen and oxygen atoms in total.